The summed E-state index contributed by atoms with van der Waals surface area (Å²) < 4.78 is 6.83. The summed E-state index contributed by atoms with van der Waals surface area (Å²) in [6.07, 6.45) is -3.38. The molecule has 0 amide bonds. The van der Waals surface area contributed by atoms with Gasteiger partial charge in [-0.25, -0.2) is 4.98 Å². The van der Waals surface area contributed by atoms with Crippen LogP contribution in [0, 0.1) is 0 Å². The van der Waals surface area contributed by atoms with E-state index < -0.39 is 36.2 Å². The molecule has 1 fully saturated rings. The van der Waals surface area contributed by atoms with Crippen molar-refractivity contribution in [3.05, 3.63) is 28.4 Å². The Labute approximate surface area is 134 Å². The molecule has 0 bridgehead atoms. The third kappa shape index (κ3) is 2.34. The first-order valence-electron chi connectivity index (χ1n) is 7.12. The Morgan fingerprint density at radius 3 is 2.79 bits per heavy atom. The van der Waals surface area contributed by atoms with Gasteiger partial charge < -0.3 is 40.5 Å². The summed E-state index contributed by atoms with van der Waals surface area (Å²) in [6.45, 7) is 1.42. The van der Waals surface area contributed by atoms with Crippen molar-refractivity contribution in [1.29, 1.82) is 0 Å². The second-order valence-corrected chi connectivity index (χ2v) is 5.58. The topological polar surface area (TPSA) is 179 Å². The number of aliphatic hydroxyl groups excluding tert-OH is 3. The number of hydrogen-bond acceptors (Lipinski definition) is 8. The average Bonchev–Trinajstić information content (AvgIpc) is 3.07. The zero-order valence-electron chi connectivity index (χ0n) is 12.6. The molecule has 1 unspecified atom stereocenters. The highest BCUT2D eigenvalue weighted by molar-refractivity contribution is 6.07. The smallest absolute Gasteiger partial charge is 0.260 e. The van der Waals surface area contributed by atoms with Gasteiger partial charge in [-0.15, -0.1) is 0 Å². The summed E-state index contributed by atoms with van der Waals surface area (Å²) in [5, 5.41) is 41.7. The number of nitrogens with zero attached hydrogens (tertiary/aromatic N) is 3. The summed E-state index contributed by atoms with van der Waals surface area (Å²) in [6, 6.07) is 0. The Bertz CT molecular complexity index is 843. The van der Waals surface area contributed by atoms with Crippen molar-refractivity contribution in [2.45, 2.75) is 37.6 Å². The lowest BCUT2D eigenvalue weighted by Crippen LogP contribution is -2.37. The number of H-pyrrole nitrogens is 1. The summed E-state index contributed by atoms with van der Waals surface area (Å²) in [7, 11) is 0. The van der Waals surface area contributed by atoms with Gasteiger partial charge in [0.2, 0.25) is 0 Å². The minimum Gasteiger partial charge on any atom is -0.409 e. The maximum absolute atomic E-state index is 12.1. The molecular weight excluding hydrogens is 322 g/mol. The molecule has 11 nitrogen and oxygen atoms in total. The zero-order chi connectivity index (χ0) is 17.6. The quantitative estimate of drug-likeness (QED) is 0.158. The van der Waals surface area contributed by atoms with Gasteiger partial charge in [0.05, 0.1) is 23.4 Å². The monoisotopic (exact) mass is 339 g/mol. The van der Waals surface area contributed by atoms with Crippen LogP contribution in [0.1, 0.15) is 18.7 Å². The molecule has 2 aromatic rings. The lowest BCUT2D eigenvalue weighted by molar-refractivity contribution is -0.0776. The molecule has 0 spiro atoms. The van der Waals surface area contributed by atoms with Gasteiger partial charge >= 0.3 is 0 Å². The van der Waals surface area contributed by atoms with E-state index in [2.05, 4.69) is 15.1 Å². The second kappa shape index (κ2) is 5.87. The van der Waals surface area contributed by atoms with Crippen LogP contribution in [-0.4, -0.2) is 65.3 Å². The standard InChI is InChI=1S/C13H17N5O6/c1-4(19)9-7(20)8(21)13(24-9)18-2-5(10(14)17-23)6-11(18)15-3-16-12(6)22/h2-4,7-9,13,19-21,23H,1H3,(H2,14,17)(H,15,16,22)/t4-,7-,8+,9+,13?/m0/s1. The minimum absolute atomic E-state index is 0.0404. The molecule has 5 atom stereocenters. The van der Waals surface area contributed by atoms with Crippen LogP contribution in [0.3, 0.4) is 0 Å². The lowest BCUT2D eigenvalue weighted by Gasteiger charge is -2.17. The number of rotatable bonds is 3. The number of ether oxygens (including phenoxy) is 1. The summed E-state index contributed by atoms with van der Waals surface area (Å²) in [5.74, 6) is -0.322. The zero-order valence-corrected chi connectivity index (χ0v) is 12.6. The number of nitrogens with one attached hydrogen (secondary N) is 1. The van der Waals surface area contributed by atoms with Crippen LogP contribution < -0.4 is 11.3 Å². The van der Waals surface area contributed by atoms with E-state index in [9.17, 15) is 20.1 Å². The molecule has 1 aliphatic rings. The molecule has 1 aliphatic heterocycles. The Balaban J connectivity index is 2.18. The number of oxime groups is 1. The molecule has 7 N–H and O–H groups in total. The number of hydrogen-bond donors (Lipinski definition) is 6. The van der Waals surface area contributed by atoms with Gasteiger partial charge in [0.25, 0.3) is 5.56 Å². The Hall–Kier alpha value is -2.47. The van der Waals surface area contributed by atoms with Gasteiger partial charge in [0, 0.05) is 6.20 Å². The molecule has 3 rings (SSSR count). The third-order valence-corrected chi connectivity index (χ3v) is 4.02. The fourth-order valence-electron chi connectivity index (χ4n) is 2.85. The molecular formula is C13H17N5O6. The maximum atomic E-state index is 12.1. The van der Waals surface area contributed by atoms with Gasteiger partial charge in [-0.2, -0.15) is 0 Å². The highest BCUT2D eigenvalue weighted by atomic mass is 16.6. The summed E-state index contributed by atoms with van der Waals surface area (Å²) in [5.41, 5.74) is 5.27. The Morgan fingerprint density at radius 1 is 1.50 bits per heavy atom. The van der Waals surface area contributed by atoms with Crippen molar-refractivity contribution in [2.75, 3.05) is 0 Å². The van der Waals surface area contributed by atoms with E-state index in [4.69, 9.17) is 15.7 Å². The van der Waals surface area contributed by atoms with E-state index in [1.807, 2.05) is 0 Å². The van der Waals surface area contributed by atoms with Crippen molar-refractivity contribution < 1.29 is 25.3 Å². The highest BCUT2D eigenvalue weighted by Crippen LogP contribution is 2.33. The molecule has 0 radical (unpaired) electrons. The maximum Gasteiger partial charge on any atom is 0.260 e. The number of aliphatic hydroxyl groups is 3. The van der Waals surface area contributed by atoms with Crippen molar-refractivity contribution in [2.24, 2.45) is 10.9 Å². The van der Waals surface area contributed by atoms with E-state index in [1.54, 1.807) is 0 Å². The van der Waals surface area contributed by atoms with E-state index >= 15 is 0 Å². The fourth-order valence-corrected chi connectivity index (χ4v) is 2.85. The fraction of sp³-hybridized carbons (Fsp3) is 0.462. The number of fused-ring (bicyclic) bond motifs is 1. The third-order valence-electron chi connectivity index (χ3n) is 4.02. The molecule has 0 aromatic carbocycles. The van der Waals surface area contributed by atoms with Gasteiger partial charge in [-0.05, 0) is 6.92 Å². The molecule has 1 saturated heterocycles. The van der Waals surface area contributed by atoms with E-state index in [0.717, 1.165) is 6.33 Å². The van der Waals surface area contributed by atoms with Crippen LogP contribution in [0.2, 0.25) is 0 Å². The average molecular weight is 339 g/mol. The first-order chi connectivity index (χ1) is 11.4. The minimum atomic E-state index is -1.37. The van der Waals surface area contributed by atoms with Gasteiger partial charge in [0.1, 0.15) is 24.0 Å². The molecule has 130 valence electrons. The van der Waals surface area contributed by atoms with Crippen molar-refractivity contribution in [1.82, 2.24) is 14.5 Å². The van der Waals surface area contributed by atoms with Crippen LogP contribution in [0.5, 0.6) is 0 Å². The van der Waals surface area contributed by atoms with Crippen molar-refractivity contribution >= 4 is 16.9 Å². The van der Waals surface area contributed by atoms with Crippen molar-refractivity contribution in [3.8, 4) is 0 Å². The molecule has 2 aromatic heterocycles. The molecule has 11 heteroatoms. The first-order valence-corrected chi connectivity index (χ1v) is 7.12. The molecule has 24 heavy (non-hydrogen) atoms. The summed E-state index contributed by atoms with van der Waals surface area (Å²) >= 11 is 0. The molecule has 0 saturated carbocycles. The van der Waals surface area contributed by atoms with Gasteiger partial charge in [0.15, 0.2) is 12.1 Å². The SMILES string of the molecule is C[C@H](O)[C@H]1OC(n2cc(/C(N)=N/O)c3c(=O)[nH]cnc32)[C@H](O)[C@@H]1O. The molecule has 3 heterocycles. The summed E-state index contributed by atoms with van der Waals surface area (Å²) in [4.78, 5) is 18.5. The van der Waals surface area contributed by atoms with E-state index in [1.165, 1.54) is 17.7 Å². The van der Waals surface area contributed by atoms with Crippen LogP contribution in [-0.2, 0) is 4.74 Å². The van der Waals surface area contributed by atoms with Crippen LogP contribution in [0.25, 0.3) is 11.0 Å². The predicted molar refractivity (Wildman–Crippen MR) is 80.5 cm³/mol. The number of aromatic nitrogens is 3. The Morgan fingerprint density at radius 2 is 2.21 bits per heavy atom. The van der Waals surface area contributed by atoms with Gasteiger partial charge in [-0.1, -0.05) is 5.16 Å². The van der Waals surface area contributed by atoms with E-state index in [-0.39, 0.29) is 22.4 Å². The molecule has 0 aliphatic carbocycles. The van der Waals surface area contributed by atoms with Crippen LogP contribution in [0.15, 0.2) is 22.5 Å². The number of amidine groups is 1. The number of nitrogens with two attached hydrogens (primary N) is 1. The van der Waals surface area contributed by atoms with Gasteiger partial charge in [-0.3, -0.25) is 4.79 Å². The normalized spacial score (nSPS) is 29.2. The predicted octanol–water partition coefficient (Wildman–Crippen LogP) is -2.18. The second-order valence-electron chi connectivity index (χ2n) is 5.58. The first kappa shape index (κ1) is 16.4. The largest absolute Gasteiger partial charge is 0.409 e. The van der Waals surface area contributed by atoms with Crippen LogP contribution >= 0.6 is 0 Å². The van der Waals surface area contributed by atoms with E-state index in [0.29, 0.717) is 0 Å². The lowest BCUT2D eigenvalue weighted by atomic mass is 10.1. The highest BCUT2D eigenvalue weighted by Gasteiger charge is 2.46. The Kier molecular flexibility index (Phi) is 4.01. The number of aromatic amines is 1. The van der Waals surface area contributed by atoms with Crippen molar-refractivity contribution in [3.63, 3.8) is 0 Å². The van der Waals surface area contributed by atoms with Crippen LogP contribution in [0.4, 0.5) is 0 Å².